The summed E-state index contributed by atoms with van der Waals surface area (Å²) in [5, 5.41) is 59.1. The zero-order chi connectivity index (χ0) is 55.1. The lowest BCUT2D eigenvalue weighted by molar-refractivity contribution is -0.141. The second-order valence-corrected chi connectivity index (χ2v) is 21.5. The Morgan fingerprint density at radius 2 is 1.27 bits per heavy atom. The predicted octanol–water partition coefficient (Wildman–Crippen LogP) is -2.32. The summed E-state index contributed by atoms with van der Waals surface area (Å²) < 4.78 is 0. The maximum Gasteiger partial charge on any atom is 0.305 e. The fourth-order valence-corrected chi connectivity index (χ4v) is 10.5. The average molecular weight is 1090 g/mol. The van der Waals surface area contributed by atoms with E-state index in [2.05, 4.69) is 37.2 Å². The van der Waals surface area contributed by atoms with Crippen molar-refractivity contribution in [1.29, 1.82) is 0 Å². The molecule has 27 heteroatoms. The number of aromatic hydroxyl groups is 2. The fraction of sp³-hybridized carbons (Fsp3) is 0.542. The zero-order valence-electron chi connectivity index (χ0n) is 41.8. The molecule has 8 amide bonds. The molecule has 2 aromatic carbocycles. The molecule has 1 unspecified atom stereocenters. The normalized spacial score (nSPS) is 29.6. The fourth-order valence-electron chi connectivity index (χ4n) is 8.28. The minimum absolute atomic E-state index is 0.00399. The number of carboxylic acids is 1. The SMILES string of the molecule is CC(C)C[C@@H]1NC(=O)[C@H](Cc2ccc(O)cc2)N2O[C@@H]2[C@H](C)NC(=O)[C@H](CO)NC(=O)[C@H](Cc2ccc(O)cc2)NC(=O)[C@H](C)NC(=O)[C@@H]2CCCN2C(=O)[C@@H](N)CSSC[C@@H](C=O)NC(=O)[C@H](CC(=O)O)NC1=O. The molecule has 0 aliphatic carbocycles. The van der Waals surface area contributed by atoms with Gasteiger partial charge >= 0.3 is 5.97 Å². The number of carbonyl (C=O) groups excluding carboxylic acids is 9. The molecule has 410 valence electrons. The van der Waals surface area contributed by atoms with Crippen LogP contribution in [-0.4, -0.2) is 181 Å². The van der Waals surface area contributed by atoms with Gasteiger partial charge in [0.2, 0.25) is 47.3 Å². The van der Waals surface area contributed by atoms with Crippen LogP contribution in [0.2, 0.25) is 0 Å². The van der Waals surface area contributed by atoms with E-state index >= 15 is 0 Å². The number of nitrogens with zero attached hydrogens (tertiary/aromatic N) is 2. The van der Waals surface area contributed by atoms with E-state index in [1.54, 1.807) is 26.0 Å². The van der Waals surface area contributed by atoms with E-state index < -0.39 is 133 Å². The van der Waals surface area contributed by atoms with Crippen molar-refractivity contribution in [3.05, 3.63) is 59.7 Å². The van der Waals surface area contributed by atoms with Crippen LogP contribution in [0.25, 0.3) is 0 Å². The number of nitrogens with one attached hydrogen (secondary N) is 7. The van der Waals surface area contributed by atoms with Crippen molar-refractivity contribution in [3.8, 4) is 11.5 Å². The van der Waals surface area contributed by atoms with Crippen molar-refractivity contribution >= 4 is 81.1 Å². The van der Waals surface area contributed by atoms with Gasteiger partial charge in [-0.1, -0.05) is 59.7 Å². The van der Waals surface area contributed by atoms with Gasteiger partial charge in [-0.2, -0.15) is 0 Å². The topological polar surface area (TPSA) is 381 Å². The van der Waals surface area contributed by atoms with Gasteiger partial charge < -0.3 is 73.1 Å². The Kier molecular flexibility index (Phi) is 22.0. The van der Waals surface area contributed by atoms with Gasteiger partial charge in [0.05, 0.1) is 31.2 Å². The number of phenols is 2. The zero-order valence-corrected chi connectivity index (χ0v) is 43.4. The lowest BCUT2D eigenvalue weighted by Crippen LogP contribution is -2.59. The highest BCUT2D eigenvalue weighted by Gasteiger charge is 2.50. The second kappa shape index (κ2) is 27.9. The van der Waals surface area contributed by atoms with Crippen LogP contribution in [0.4, 0.5) is 0 Å². The van der Waals surface area contributed by atoms with Crippen LogP contribution in [0, 0.1) is 5.92 Å². The van der Waals surface area contributed by atoms with Crippen LogP contribution in [0.5, 0.6) is 11.5 Å². The number of benzene rings is 2. The van der Waals surface area contributed by atoms with Crippen molar-refractivity contribution in [2.45, 2.75) is 133 Å². The number of fused-ring (bicyclic) bond motifs is 2. The van der Waals surface area contributed by atoms with Gasteiger partial charge in [0.15, 0.2) is 6.23 Å². The number of nitrogens with two attached hydrogens (primary N) is 1. The largest absolute Gasteiger partial charge is 0.508 e. The Hall–Kier alpha value is -6.52. The van der Waals surface area contributed by atoms with Crippen LogP contribution >= 0.6 is 21.6 Å². The number of aliphatic hydroxyl groups is 1. The molecule has 0 bridgehead atoms. The van der Waals surface area contributed by atoms with Crippen LogP contribution in [0.15, 0.2) is 48.5 Å². The number of carbonyl (C=O) groups is 10. The first kappa shape index (κ1) is 59.4. The summed E-state index contributed by atoms with van der Waals surface area (Å²) in [6.07, 6.45) is -1.03. The van der Waals surface area contributed by atoms with Crippen LogP contribution in [0.1, 0.15) is 64.5 Å². The molecule has 0 aromatic heterocycles. The molecule has 3 aliphatic heterocycles. The standard InChI is InChI=1S/C48H66N10O15S2/c1-24(2)16-33-42(67)54-35(19-39(63)64)41(66)52-29(20-59)22-74-75-23-32(49)47(72)57-15-5-6-37(57)45(70)50-25(3)40(65)53-34(17-27-7-11-30(61)12-8-27)43(68)56-36(21-60)44(69)51-26(4)48-58(73-48)38(46(71)55-33)18-28-9-13-31(62)14-10-28/h7-14,20,24-26,29,32-38,48,60-62H,5-6,15-19,21-23,49H2,1-4H3,(H,50,70)(H,51,69)(H,52,66)(H,53,65)(H,54,67)(H,55,71)(H,56,68)(H,63,64)/t25-,26-,29+,32-,33-,34-,35-,36-,37-,38-,48+,58?/m0/s1. The number of hydroxylamine groups is 2. The van der Waals surface area contributed by atoms with Crippen molar-refractivity contribution in [2.24, 2.45) is 11.7 Å². The van der Waals surface area contributed by atoms with Crippen LogP contribution < -0.4 is 43.0 Å². The third-order valence-electron chi connectivity index (χ3n) is 12.4. The summed E-state index contributed by atoms with van der Waals surface area (Å²) in [6.45, 7) is 5.68. The highest BCUT2D eigenvalue weighted by atomic mass is 33.1. The minimum Gasteiger partial charge on any atom is -0.508 e. The number of carboxylic acid groups (broad SMARTS) is 1. The van der Waals surface area contributed by atoms with Crippen molar-refractivity contribution in [2.75, 3.05) is 24.7 Å². The van der Waals surface area contributed by atoms with E-state index in [-0.39, 0.29) is 61.2 Å². The number of amides is 8. The van der Waals surface area contributed by atoms with Gasteiger partial charge in [-0.05, 0) is 80.8 Å². The number of phenolic OH excluding ortho intramolecular Hbond substituents is 2. The third kappa shape index (κ3) is 17.5. The minimum atomic E-state index is -1.71. The Morgan fingerprint density at radius 3 is 1.87 bits per heavy atom. The maximum absolute atomic E-state index is 14.3. The Labute approximate surface area is 440 Å². The highest BCUT2D eigenvalue weighted by molar-refractivity contribution is 8.76. The molecule has 75 heavy (non-hydrogen) atoms. The Bertz CT molecular complexity index is 2390. The quantitative estimate of drug-likeness (QED) is 0.0675. The molecule has 0 saturated carbocycles. The number of hydrogen-bond donors (Lipinski definition) is 12. The highest BCUT2D eigenvalue weighted by Crippen LogP contribution is 2.30. The van der Waals surface area contributed by atoms with Gasteiger partial charge in [-0.25, -0.2) is 0 Å². The Balaban J connectivity index is 1.44. The van der Waals surface area contributed by atoms with Gasteiger partial charge in [0, 0.05) is 24.5 Å². The lowest BCUT2D eigenvalue weighted by Gasteiger charge is -2.28. The molecule has 0 radical (unpaired) electrons. The average Bonchev–Trinajstić information content (AvgIpc) is 4.00. The van der Waals surface area contributed by atoms with Gasteiger partial charge in [0.25, 0.3) is 0 Å². The number of aliphatic hydroxyl groups excluding tert-OH is 1. The summed E-state index contributed by atoms with van der Waals surface area (Å²) in [5.74, 6) is -8.45. The van der Waals surface area contributed by atoms with E-state index in [1.807, 2.05) is 0 Å². The van der Waals surface area contributed by atoms with Crippen molar-refractivity contribution in [1.82, 2.24) is 47.2 Å². The van der Waals surface area contributed by atoms with Crippen molar-refractivity contribution in [3.63, 3.8) is 0 Å². The molecular weight excluding hydrogens is 1020 g/mol. The monoisotopic (exact) mass is 1090 g/mol. The van der Waals surface area contributed by atoms with Gasteiger partial charge in [-0.3, -0.25) is 48.0 Å². The molecule has 25 nitrogen and oxygen atoms in total. The van der Waals surface area contributed by atoms with E-state index in [4.69, 9.17) is 10.6 Å². The smallest absolute Gasteiger partial charge is 0.305 e. The molecule has 12 atom stereocenters. The summed E-state index contributed by atoms with van der Waals surface area (Å²) in [4.78, 5) is 142. The van der Waals surface area contributed by atoms with Crippen LogP contribution in [0.3, 0.4) is 0 Å². The van der Waals surface area contributed by atoms with Crippen molar-refractivity contribution < 1.29 is 73.2 Å². The van der Waals surface area contributed by atoms with E-state index in [1.165, 1.54) is 60.2 Å². The third-order valence-corrected chi connectivity index (χ3v) is 14.8. The molecule has 3 fully saturated rings. The first-order valence-corrected chi connectivity index (χ1v) is 26.8. The maximum atomic E-state index is 14.3. The summed E-state index contributed by atoms with van der Waals surface area (Å²) in [5.41, 5.74) is 7.29. The Morgan fingerprint density at radius 1 is 0.720 bits per heavy atom. The molecule has 2 aromatic rings. The van der Waals surface area contributed by atoms with E-state index in [0.29, 0.717) is 23.8 Å². The number of aldehydes is 1. The molecular formula is C48H66N10O15S2. The second-order valence-electron chi connectivity index (χ2n) is 18.9. The molecule has 0 spiro atoms. The number of aliphatic carboxylic acids is 1. The van der Waals surface area contributed by atoms with Crippen LogP contribution in [-0.2, 0) is 65.6 Å². The first-order valence-electron chi connectivity index (χ1n) is 24.3. The summed E-state index contributed by atoms with van der Waals surface area (Å²) in [7, 11) is 2.16. The van der Waals surface area contributed by atoms with Gasteiger partial charge in [0.1, 0.15) is 60.1 Å². The summed E-state index contributed by atoms with van der Waals surface area (Å²) >= 11 is 0. The lowest BCUT2D eigenvalue weighted by atomic mass is 10.00. The first-order chi connectivity index (χ1) is 35.6. The molecule has 3 aliphatic rings. The molecule has 5 rings (SSSR count). The predicted molar refractivity (Wildman–Crippen MR) is 271 cm³/mol. The van der Waals surface area contributed by atoms with Gasteiger partial charge in [-0.15, -0.1) is 5.06 Å². The van der Waals surface area contributed by atoms with E-state index in [0.717, 1.165) is 21.6 Å². The molecule has 3 saturated heterocycles. The number of hydrogen-bond acceptors (Lipinski definition) is 18. The molecule has 3 heterocycles. The number of rotatable bonds is 10. The summed E-state index contributed by atoms with van der Waals surface area (Å²) in [6, 6.07) is -1.18. The molecule has 13 N–H and O–H groups in total. The van der Waals surface area contributed by atoms with E-state index in [9.17, 15) is 68.4 Å².